The fourth-order valence-electron chi connectivity index (χ4n) is 0.797. The first-order valence-electron chi connectivity index (χ1n) is 3.37. The summed E-state index contributed by atoms with van der Waals surface area (Å²) in [6, 6.07) is 3.27. The van der Waals surface area contributed by atoms with Gasteiger partial charge in [0.1, 0.15) is 5.82 Å². The van der Waals surface area contributed by atoms with Crippen molar-refractivity contribution in [1.82, 2.24) is 0 Å². The number of benzene rings is 1. The predicted octanol–water partition coefficient (Wildman–Crippen LogP) is 3.13. The van der Waals surface area contributed by atoms with Gasteiger partial charge in [0.15, 0.2) is 0 Å². The Balaban J connectivity index is 3.14. The number of hydrogen-bond acceptors (Lipinski definition) is 3. The van der Waals surface area contributed by atoms with Gasteiger partial charge in [-0.3, -0.25) is 10.1 Å². The lowest BCUT2D eigenvalue weighted by Gasteiger charge is -1.94. The summed E-state index contributed by atoms with van der Waals surface area (Å²) in [5.41, 5.74) is -0.113. The van der Waals surface area contributed by atoms with E-state index in [2.05, 4.69) is 11.2 Å². The van der Waals surface area contributed by atoms with Crippen molar-refractivity contribution in [1.29, 1.82) is 0 Å². The molecule has 0 saturated carbocycles. The van der Waals surface area contributed by atoms with Crippen LogP contribution >= 0.6 is 30.1 Å². The summed E-state index contributed by atoms with van der Waals surface area (Å²) in [6.07, 6.45) is 0. The maximum absolute atomic E-state index is 13.0. The Morgan fingerprint density at radius 2 is 2.29 bits per heavy atom. The van der Waals surface area contributed by atoms with E-state index in [4.69, 9.17) is 0 Å². The van der Waals surface area contributed by atoms with Crippen LogP contribution < -0.4 is 0 Å². The minimum absolute atomic E-state index is 0.0448. The van der Waals surface area contributed by atoms with Gasteiger partial charge >= 0.3 is 0 Å². The normalized spacial score (nSPS) is 9.00. The highest BCUT2D eigenvalue weighted by Gasteiger charge is 2.08. The second-order valence-corrected chi connectivity index (χ2v) is 3.91. The van der Waals surface area contributed by atoms with Gasteiger partial charge in [-0.15, -0.1) is 0 Å². The molecule has 0 heterocycles. The maximum Gasteiger partial charge on any atom is 0.270 e. The average Bonchev–Trinajstić information content (AvgIpc) is 2.16. The molecule has 14 heavy (non-hydrogen) atoms. The third-order valence-corrected chi connectivity index (χ3v) is 2.22. The Morgan fingerprint density at radius 3 is 2.86 bits per heavy atom. The smallest absolute Gasteiger partial charge is 0.258 e. The topological polar surface area (TPSA) is 43.1 Å². The van der Waals surface area contributed by atoms with E-state index in [-0.39, 0.29) is 11.3 Å². The van der Waals surface area contributed by atoms with Crippen molar-refractivity contribution in [3.8, 4) is 11.2 Å². The molecule has 72 valence electrons. The van der Waals surface area contributed by atoms with Gasteiger partial charge in [0.2, 0.25) is 0 Å². The fourth-order valence-corrected chi connectivity index (χ4v) is 1.28. The van der Waals surface area contributed by atoms with Crippen LogP contribution in [0.2, 0.25) is 0 Å². The van der Waals surface area contributed by atoms with Crippen molar-refractivity contribution >= 4 is 35.8 Å². The summed E-state index contributed by atoms with van der Waals surface area (Å²) >= 11 is 1.93. The molecule has 0 aliphatic rings. The molecule has 1 aromatic rings. The maximum atomic E-state index is 13.0. The van der Waals surface area contributed by atoms with Crippen molar-refractivity contribution in [2.45, 2.75) is 0 Å². The first-order chi connectivity index (χ1) is 6.65. The minimum Gasteiger partial charge on any atom is -0.258 e. The molecule has 0 radical (unpaired) electrons. The van der Waals surface area contributed by atoms with E-state index >= 15 is 0 Å². The average molecular weight is 323 g/mol. The lowest BCUT2D eigenvalue weighted by molar-refractivity contribution is -0.384. The van der Waals surface area contributed by atoms with Crippen LogP contribution in [0.1, 0.15) is 5.56 Å². The summed E-state index contributed by atoms with van der Waals surface area (Å²) in [5, 5.41) is 12.9. The number of non-ortho nitro benzene ring substituents is 1. The lowest BCUT2D eigenvalue weighted by Crippen LogP contribution is -1.90. The van der Waals surface area contributed by atoms with E-state index in [1.54, 1.807) is 0 Å². The predicted molar refractivity (Wildman–Crippen MR) is 61.5 cm³/mol. The monoisotopic (exact) mass is 323 g/mol. The van der Waals surface area contributed by atoms with Gasteiger partial charge in [-0.2, -0.15) is 0 Å². The van der Waals surface area contributed by atoms with Crippen LogP contribution in [0.25, 0.3) is 0 Å². The molecule has 1 aromatic carbocycles. The Kier molecular flexibility index (Phi) is 4.16. The molecule has 6 heteroatoms. The number of rotatable bonds is 1. The van der Waals surface area contributed by atoms with Crippen LogP contribution in [-0.2, 0) is 0 Å². The number of halogens is 2. The second-order valence-electron chi connectivity index (χ2n) is 2.23. The molecular weight excluding hydrogens is 320 g/mol. The Bertz CT molecular complexity index is 427. The highest BCUT2D eigenvalue weighted by atomic mass is 127. The summed E-state index contributed by atoms with van der Waals surface area (Å²) in [6.45, 7) is 0. The molecule has 0 amide bonds. The van der Waals surface area contributed by atoms with Gasteiger partial charge in [-0.1, -0.05) is 5.92 Å². The third-order valence-electron chi connectivity index (χ3n) is 1.39. The third kappa shape index (κ3) is 2.85. The van der Waals surface area contributed by atoms with Crippen LogP contribution in [-0.4, -0.2) is 4.92 Å². The summed E-state index contributed by atoms with van der Waals surface area (Å²) in [5.74, 6) is 1.94. The van der Waals surface area contributed by atoms with Crippen molar-refractivity contribution in [3.05, 3.63) is 39.7 Å². The highest BCUT2D eigenvalue weighted by molar-refractivity contribution is 14.2. The molecule has 0 saturated heterocycles. The molecule has 3 nitrogen and oxygen atoms in total. The molecule has 0 fully saturated rings. The van der Waals surface area contributed by atoms with Crippen molar-refractivity contribution < 1.29 is 9.31 Å². The Labute approximate surface area is 95.8 Å². The molecule has 0 aliphatic carbocycles. The molecule has 0 aliphatic heterocycles. The van der Waals surface area contributed by atoms with E-state index < -0.39 is 10.7 Å². The van der Waals surface area contributed by atoms with E-state index in [0.29, 0.717) is 0 Å². The van der Waals surface area contributed by atoms with Gasteiger partial charge < -0.3 is 0 Å². The fraction of sp³-hybridized carbons (Fsp3) is 0. The van der Waals surface area contributed by atoms with Crippen LogP contribution in [0.5, 0.6) is 0 Å². The molecule has 0 unspecified atom stereocenters. The molecule has 0 aromatic heterocycles. The van der Waals surface area contributed by atoms with Crippen molar-refractivity contribution in [2.75, 3.05) is 0 Å². The van der Waals surface area contributed by atoms with Crippen LogP contribution in [0, 0.1) is 27.1 Å². The lowest BCUT2D eigenvalue weighted by atomic mass is 10.2. The zero-order chi connectivity index (χ0) is 10.6. The largest absolute Gasteiger partial charge is 0.270 e. The summed E-state index contributed by atoms with van der Waals surface area (Å²) in [4.78, 5) is 9.78. The summed E-state index contributed by atoms with van der Waals surface area (Å²) in [7, 11) is 1.19. The number of nitro benzene ring substituents is 1. The molecule has 1 rings (SSSR count). The van der Waals surface area contributed by atoms with Crippen LogP contribution in [0.4, 0.5) is 10.1 Å². The quantitative estimate of drug-likeness (QED) is 0.345. The number of nitrogens with zero attached hydrogens (tertiary/aromatic N) is 1. The highest BCUT2D eigenvalue weighted by Crippen LogP contribution is 2.16. The number of hydrogen-bond donors (Lipinski definition) is 0. The molecule has 0 N–H and O–H groups in total. The van der Waals surface area contributed by atoms with Crippen LogP contribution in [0.15, 0.2) is 18.2 Å². The Morgan fingerprint density at radius 1 is 1.57 bits per heavy atom. The van der Waals surface area contributed by atoms with Gasteiger partial charge in [-0.05, 0) is 20.3 Å². The van der Waals surface area contributed by atoms with E-state index in [1.807, 2.05) is 21.2 Å². The molecule has 0 bridgehead atoms. The minimum atomic E-state index is -0.582. The van der Waals surface area contributed by atoms with Gasteiger partial charge in [0.25, 0.3) is 5.69 Å². The molecule has 0 spiro atoms. The summed E-state index contributed by atoms with van der Waals surface area (Å²) < 4.78 is 13.0. The molecule has 0 atom stereocenters. The van der Waals surface area contributed by atoms with E-state index in [9.17, 15) is 14.5 Å². The van der Waals surface area contributed by atoms with Crippen LogP contribution in [0.3, 0.4) is 0 Å². The van der Waals surface area contributed by atoms with Gasteiger partial charge in [-0.25, -0.2) is 4.39 Å². The zero-order valence-corrected chi connectivity index (χ0v) is 9.63. The zero-order valence-electron chi connectivity index (χ0n) is 6.66. The van der Waals surface area contributed by atoms with E-state index in [1.165, 1.54) is 8.93 Å². The molecular formula is C8H3FINO2S. The van der Waals surface area contributed by atoms with E-state index in [0.717, 1.165) is 18.2 Å². The van der Waals surface area contributed by atoms with Gasteiger partial charge in [0.05, 0.1) is 10.5 Å². The van der Waals surface area contributed by atoms with Gasteiger partial charge in [0, 0.05) is 33.3 Å². The standard InChI is InChI=1S/C8H3FINO2S/c9-8-2-1-7(11(12)13)5-6(8)3-4-14-10/h1-2,5H. The van der Waals surface area contributed by atoms with Crippen molar-refractivity contribution in [2.24, 2.45) is 0 Å². The first kappa shape index (κ1) is 11.3. The number of nitro groups is 1. The second kappa shape index (κ2) is 5.17. The Hall–Kier alpha value is -0.810. The SMILES string of the molecule is O=[N+]([O-])c1ccc(F)c(C#CSI)c1. The first-order valence-corrected chi connectivity index (χ1v) is 6.73. The van der Waals surface area contributed by atoms with Crippen molar-refractivity contribution in [3.63, 3.8) is 0 Å².